The minimum atomic E-state index is -0.530. The van der Waals surface area contributed by atoms with E-state index < -0.39 is 12.1 Å². The van der Waals surface area contributed by atoms with Crippen molar-refractivity contribution >= 4 is 16.9 Å². The normalized spacial score (nSPS) is 16.4. The second kappa shape index (κ2) is 7.25. The predicted octanol–water partition coefficient (Wildman–Crippen LogP) is 3.98. The van der Waals surface area contributed by atoms with E-state index in [0.29, 0.717) is 35.5 Å². The summed E-state index contributed by atoms with van der Waals surface area (Å²) in [6.45, 7) is 2.51. The first kappa shape index (κ1) is 17.3. The molecule has 0 spiro atoms. The van der Waals surface area contributed by atoms with Crippen LogP contribution in [0.25, 0.3) is 11.0 Å². The molecule has 6 heteroatoms. The van der Waals surface area contributed by atoms with Crippen molar-refractivity contribution in [3.8, 4) is 17.2 Å². The van der Waals surface area contributed by atoms with Gasteiger partial charge in [-0.25, -0.2) is 4.79 Å². The molecule has 1 unspecified atom stereocenters. The standard InChI is InChI=1S/C21H18O6/c1-13-4-2-5-14(10-13)26-19-12-25-18-11-15(7-8-16(18)20(19)22)27-21(23)17-6-3-9-24-17/h2,4-5,7-8,10-12,17H,3,6,9H2,1H3. The molecule has 2 heterocycles. The minimum Gasteiger partial charge on any atom is -0.460 e. The Kier molecular flexibility index (Phi) is 4.64. The van der Waals surface area contributed by atoms with Crippen LogP contribution in [0.15, 0.2) is 57.9 Å². The van der Waals surface area contributed by atoms with Crippen molar-refractivity contribution in [3.05, 3.63) is 64.5 Å². The van der Waals surface area contributed by atoms with Crippen LogP contribution in [0.1, 0.15) is 18.4 Å². The smallest absolute Gasteiger partial charge is 0.340 e. The largest absolute Gasteiger partial charge is 0.460 e. The summed E-state index contributed by atoms with van der Waals surface area (Å²) in [7, 11) is 0. The Morgan fingerprint density at radius 1 is 1.15 bits per heavy atom. The highest BCUT2D eigenvalue weighted by Gasteiger charge is 2.25. The molecule has 3 aromatic rings. The highest BCUT2D eigenvalue weighted by atomic mass is 16.6. The van der Waals surface area contributed by atoms with E-state index in [1.165, 1.54) is 12.3 Å². The Bertz CT molecular complexity index is 1050. The second-order valence-corrected chi connectivity index (χ2v) is 6.43. The van der Waals surface area contributed by atoms with Crippen LogP contribution >= 0.6 is 0 Å². The van der Waals surface area contributed by atoms with Crippen molar-refractivity contribution in [2.75, 3.05) is 6.61 Å². The Labute approximate surface area is 155 Å². The molecule has 0 aliphatic carbocycles. The lowest BCUT2D eigenvalue weighted by Gasteiger charge is -2.10. The topological polar surface area (TPSA) is 75.0 Å². The molecule has 1 aliphatic heterocycles. The lowest BCUT2D eigenvalue weighted by molar-refractivity contribution is -0.144. The zero-order valence-electron chi connectivity index (χ0n) is 14.8. The minimum absolute atomic E-state index is 0.0946. The molecule has 0 saturated carbocycles. The number of esters is 1. The number of hydrogen-bond donors (Lipinski definition) is 0. The first-order valence-electron chi connectivity index (χ1n) is 8.73. The third-order valence-corrected chi connectivity index (χ3v) is 4.34. The number of fused-ring (bicyclic) bond motifs is 1. The van der Waals surface area contributed by atoms with E-state index in [2.05, 4.69) is 0 Å². The molecule has 1 aromatic heterocycles. The lowest BCUT2D eigenvalue weighted by atomic mass is 10.2. The summed E-state index contributed by atoms with van der Waals surface area (Å²) in [5.74, 6) is 0.521. The van der Waals surface area contributed by atoms with Gasteiger partial charge < -0.3 is 18.6 Å². The van der Waals surface area contributed by atoms with E-state index in [1.807, 2.05) is 25.1 Å². The molecule has 6 nitrogen and oxygen atoms in total. The van der Waals surface area contributed by atoms with Gasteiger partial charge >= 0.3 is 5.97 Å². The molecular weight excluding hydrogens is 348 g/mol. The van der Waals surface area contributed by atoms with Crippen molar-refractivity contribution in [2.24, 2.45) is 0 Å². The van der Waals surface area contributed by atoms with Gasteiger partial charge in [-0.1, -0.05) is 12.1 Å². The highest BCUT2D eigenvalue weighted by Crippen LogP contribution is 2.25. The van der Waals surface area contributed by atoms with Crippen LogP contribution in [0, 0.1) is 6.92 Å². The van der Waals surface area contributed by atoms with Gasteiger partial charge in [0.25, 0.3) is 0 Å². The van der Waals surface area contributed by atoms with Crippen LogP contribution in [-0.4, -0.2) is 18.7 Å². The molecule has 27 heavy (non-hydrogen) atoms. The first-order chi connectivity index (χ1) is 13.1. The number of rotatable bonds is 4. The van der Waals surface area contributed by atoms with Crippen LogP contribution in [0.2, 0.25) is 0 Å². The summed E-state index contributed by atoms with van der Waals surface area (Å²) >= 11 is 0. The third-order valence-electron chi connectivity index (χ3n) is 4.34. The quantitative estimate of drug-likeness (QED) is 0.514. The molecule has 1 saturated heterocycles. The molecule has 0 N–H and O–H groups in total. The van der Waals surface area contributed by atoms with Crippen LogP contribution in [-0.2, 0) is 9.53 Å². The van der Waals surface area contributed by atoms with Crippen molar-refractivity contribution in [3.63, 3.8) is 0 Å². The van der Waals surface area contributed by atoms with Gasteiger partial charge in [-0.3, -0.25) is 4.79 Å². The Morgan fingerprint density at radius 3 is 2.81 bits per heavy atom. The van der Waals surface area contributed by atoms with Gasteiger partial charge in [0, 0.05) is 12.7 Å². The molecule has 138 valence electrons. The second-order valence-electron chi connectivity index (χ2n) is 6.43. The molecule has 1 atom stereocenters. The predicted molar refractivity (Wildman–Crippen MR) is 98.3 cm³/mol. The number of ether oxygens (including phenoxy) is 3. The molecule has 1 aliphatic rings. The fourth-order valence-corrected chi connectivity index (χ4v) is 2.98. The number of carbonyl (C=O) groups excluding carboxylic acids is 1. The maximum absolute atomic E-state index is 12.6. The van der Waals surface area contributed by atoms with Crippen LogP contribution in [0.5, 0.6) is 17.2 Å². The van der Waals surface area contributed by atoms with Gasteiger partial charge in [-0.05, 0) is 49.6 Å². The van der Waals surface area contributed by atoms with Crippen LogP contribution in [0.3, 0.4) is 0 Å². The molecule has 1 fully saturated rings. The van der Waals surface area contributed by atoms with Gasteiger partial charge in [-0.15, -0.1) is 0 Å². The van der Waals surface area contributed by atoms with Gasteiger partial charge in [0.15, 0.2) is 6.10 Å². The molecule has 2 aromatic carbocycles. The third kappa shape index (κ3) is 3.71. The average molecular weight is 366 g/mol. The highest BCUT2D eigenvalue weighted by molar-refractivity contribution is 5.82. The summed E-state index contributed by atoms with van der Waals surface area (Å²) in [5, 5.41) is 0.345. The van der Waals surface area contributed by atoms with Crippen LogP contribution in [0.4, 0.5) is 0 Å². The summed E-state index contributed by atoms with van der Waals surface area (Å²) in [5.41, 5.74) is 1.04. The van der Waals surface area contributed by atoms with Gasteiger partial charge in [-0.2, -0.15) is 0 Å². The summed E-state index contributed by atoms with van der Waals surface area (Å²) in [4.78, 5) is 24.7. The number of benzene rings is 2. The number of hydrogen-bond acceptors (Lipinski definition) is 6. The van der Waals surface area contributed by atoms with E-state index in [-0.39, 0.29) is 11.2 Å². The maximum atomic E-state index is 12.6. The van der Waals surface area contributed by atoms with Gasteiger partial charge in [0.1, 0.15) is 23.3 Å². The Balaban J connectivity index is 1.58. The SMILES string of the molecule is Cc1cccc(Oc2coc3cc(OC(=O)C4CCCO4)ccc3c2=O)c1. The zero-order valence-corrected chi connectivity index (χ0v) is 14.8. The van der Waals surface area contributed by atoms with Crippen LogP contribution < -0.4 is 14.9 Å². The van der Waals surface area contributed by atoms with Gasteiger partial charge in [0.05, 0.1) is 5.39 Å². The fourth-order valence-electron chi connectivity index (χ4n) is 2.98. The van der Waals surface area contributed by atoms with E-state index in [9.17, 15) is 9.59 Å². The van der Waals surface area contributed by atoms with E-state index in [4.69, 9.17) is 18.6 Å². The molecule has 4 rings (SSSR count). The molecule has 0 amide bonds. The van der Waals surface area contributed by atoms with Crippen molar-refractivity contribution in [1.82, 2.24) is 0 Å². The van der Waals surface area contributed by atoms with Crippen molar-refractivity contribution in [2.45, 2.75) is 25.9 Å². The average Bonchev–Trinajstić information content (AvgIpc) is 3.19. The number of aryl methyl sites for hydroxylation is 1. The maximum Gasteiger partial charge on any atom is 0.340 e. The van der Waals surface area contributed by atoms with E-state index in [1.54, 1.807) is 18.2 Å². The van der Waals surface area contributed by atoms with E-state index in [0.717, 1.165) is 12.0 Å². The number of carbonyl (C=O) groups is 1. The Morgan fingerprint density at radius 2 is 2.04 bits per heavy atom. The fraction of sp³-hybridized carbons (Fsp3) is 0.238. The lowest BCUT2D eigenvalue weighted by Crippen LogP contribution is -2.24. The first-order valence-corrected chi connectivity index (χ1v) is 8.73. The monoisotopic (exact) mass is 366 g/mol. The zero-order chi connectivity index (χ0) is 18.8. The molecule has 0 bridgehead atoms. The summed E-state index contributed by atoms with van der Waals surface area (Å²) < 4.78 is 21.8. The Hall–Kier alpha value is -3.12. The van der Waals surface area contributed by atoms with Gasteiger partial charge in [0.2, 0.25) is 11.2 Å². The summed E-state index contributed by atoms with van der Waals surface area (Å²) in [6, 6.07) is 12.0. The van der Waals surface area contributed by atoms with E-state index >= 15 is 0 Å². The van der Waals surface area contributed by atoms with Crippen molar-refractivity contribution < 1.29 is 23.4 Å². The van der Waals surface area contributed by atoms with Crippen molar-refractivity contribution in [1.29, 1.82) is 0 Å². The molecular formula is C21H18O6. The molecule has 0 radical (unpaired) electrons. The summed E-state index contributed by atoms with van der Waals surface area (Å²) in [6.07, 6.45) is 2.23.